The Balaban J connectivity index is 1.28. The minimum absolute atomic E-state index is 0.939. The smallest absolute Gasteiger partial charge is 0.0249 e. The number of hydrogen-bond acceptors (Lipinski definition) is 0. The van der Waals surface area contributed by atoms with Crippen LogP contribution in [0.25, 0.3) is 0 Å². The van der Waals surface area contributed by atoms with E-state index in [4.69, 9.17) is 0 Å². The van der Waals surface area contributed by atoms with Gasteiger partial charge in [-0.1, -0.05) is 152 Å². The molecule has 1 saturated carbocycles. The second-order valence-corrected chi connectivity index (χ2v) is 12.1. The lowest BCUT2D eigenvalue weighted by Crippen LogP contribution is -2.15. The van der Waals surface area contributed by atoms with Gasteiger partial charge >= 0.3 is 0 Å². The normalized spacial score (nSPS) is 17.3. The average molecular weight is 525 g/mol. The fourth-order valence-electron chi connectivity index (χ4n) is 6.05. The summed E-state index contributed by atoms with van der Waals surface area (Å²) in [7, 11) is 0. The van der Waals surface area contributed by atoms with Crippen molar-refractivity contribution in [2.45, 2.75) is 136 Å². The SMILES string of the molecule is CCC/C=C/CCc1ccc(C#Cc2ccc(CCC3CCC(CCCCCCCCCC)CC3)cc2)cc1. The van der Waals surface area contributed by atoms with Gasteiger partial charge in [0.15, 0.2) is 0 Å². The van der Waals surface area contributed by atoms with Crippen LogP contribution in [0.15, 0.2) is 60.7 Å². The maximum absolute atomic E-state index is 3.36. The van der Waals surface area contributed by atoms with Crippen LogP contribution in [0.5, 0.6) is 0 Å². The quantitative estimate of drug-likeness (QED) is 0.110. The first-order valence-electron chi connectivity index (χ1n) is 16.6. The summed E-state index contributed by atoms with van der Waals surface area (Å²) < 4.78 is 0. The highest BCUT2D eigenvalue weighted by molar-refractivity contribution is 5.44. The Bertz CT molecular complexity index is 957. The summed E-state index contributed by atoms with van der Waals surface area (Å²) in [5, 5.41) is 0. The Morgan fingerprint density at radius 2 is 1.03 bits per heavy atom. The molecule has 2 aromatic carbocycles. The first kappa shape index (κ1) is 31.3. The summed E-state index contributed by atoms with van der Waals surface area (Å²) in [5.74, 6) is 8.66. The van der Waals surface area contributed by atoms with E-state index in [1.165, 1.54) is 120 Å². The number of benzene rings is 2. The van der Waals surface area contributed by atoms with E-state index in [0.717, 1.165) is 35.8 Å². The molecule has 0 radical (unpaired) electrons. The third-order valence-electron chi connectivity index (χ3n) is 8.75. The van der Waals surface area contributed by atoms with Gasteiger partial charge in [0.2, 0.25) is 0 Å². The average Bonchev–Trinajstić information content (AvgIpc) is 2.98. The zero-order valence-corrected chi connectivity index (χ0v) is 25.4. The molecule has 39 heavy (non-hydrogen) atoms. The van der Waals surface area contributed by atoms with Crippen molar-refractivity contribution in [3.63, 3.8) is 0 Å². The highest BCUT2D eigenvalue weighted by Gasteiger charge is 2.20. The van der Waals surface area contributed by atoms with Gasteiger partial charge in [0.1, 0.15) is 0 Å². The third kappa shape index (κ3) is 13.6. The predicted octanol–water partition coefficient (Wildman–Crippen LogP) is 11.6. The molecular formula is C39H56. The molecule has 1 fully saturated rings. The van der Waals surface area contributed by atoms with Gasteiger partial charge in [-0.3, -0.25) is 0 Å². The molecule has 0 nitrogen and oxygen atoms in total. The molecule has 0 heterocycles. The van der Waals surface area contributed by atoms with Gasteiger partial charge in [0.05, 0.1) is 0 Å². The number of rotatable bonds is 17. The van der Waals surface area contributed by atoms with Crippen molar-refractivity contribution >= 4 is 0 Å². The minimum atomic E-state index is 0.939. The second kappa shape index (κ2) is 19.7. The van der Waals surface area contributed by atoms with Gasteiger partial charge in [0, 0.05) is 11.1 Å². The van der Waals surface area contributed by atoms with Crippen LogP contribution in [0.1, 0.15) is 145 Å². The van der Waals surface area contributed by atoms with Crippen molar-refractivity contribution in [3.8, 4) is 11.8 Å². The van der Waals surface area contributed by atoms with Crippen molar-refractivity contribution < 1.29 is 0 Å². The highest BCUT2D eigenvalue weighted by atomic mass is 14.3. The van der Waals surface area contributed by atoms with Gasteiger partial charge in [-0.2, -0.15) is 0 Å². The van der Waals surface area contributed by atoms with Gasteiger partial charge in [-0.25, -0.2) is 0 Å². The summed E-state index contributed by atoms with van der Waals surface area (Å²) in [6, 6.07) is 17.8. The molecule has 0 aromatic heterocycles. The zero-order chi connectivity index (χ0) is 27.4. The number of allylic oxidation sites excluding steroid dienone is 2. The van der Waals surface area contributed by atoms with E-state index in [-0.39, 0.29) is 0 Å². The topological polar surface area (TPSA) is 0 Å². The van der Waals surface area contributed by atoms with E-state index in [2.05, 4.69) is 86.4 Å². The van der Waals surface area contributed by atoms with E-state index in [0.29, 0.717) is 0 Å². The minimum Gasteiger partial charge on any atom is -0.0885 e. The first-order valence-corrected chi connectivity index (χ1v) is 16.6. The Hall–Kier alpha value is -2.26. The van der Waals surface area contributed by atoms with Gasteiger partial charge < -0.3 is 0 Å². The Morgan fingerprint density at radius 1 is 0.538 bits per heavy atom. The lowest BCUT2D eigenvalue weighted by atomic mass is 9.77. The maximum Gasteiger partial charge on any atom is 0.0249 e. The summed E-state index contributed by atoms with van der Waals surface area (Å²) in [6.45, 7) is 4.53. The Labute approximate surface area is 242 Å². The molecule has 0 N–H and O–H groups in total. The van der Waals surface area contributed by atoms with Crippen LogP contribution in [0.4, 0.5) is 0 Å². The van der Waals surface area contributed by atoms with Crippen molar-refractivity contribution in [1.82, 2.24) is 0 Å². The number of hydrogen-bond donors (Lipinski definition) is 0. The monoisotopic (exact) mass is 524 g/mol. The molecule has 1 aliphatic rings. The van der Waals surface area contributed by atoms with Crippen LogP contribution < -0.4 is 0 Å². The molecule has 0 saturated heterocycles. The van der Waals surface area contributed by atoms with Crippen molar-refractivity contribution in [2.75, 3.05) is 0 Å². The van der Waals surface area contributed by atoms with Crippen LogP contribution in [0.2, 0.25) is 0 Å². The van der Waals surface area contributed by atoms with Crippen molar-refractivity contribution in [3.05, 3.63) is 82.9 Å². The third-order valence-corrected chi connectivity index (χ3v) is 8.75. The van der Waals surface area contributed by atoms with Gasteiger partial charge in [-0.05, 0) is 79.3 Å². The molecule has 0 unspecified atom stereocenters. The lowest BCUT2D eigenvalue weighted by molar-refractivity contribution is 0.248. The zero-order valence-electron chi connectivity index (χ0n) is 25.4. The molecule has 0 amide bonds. The summed E-state index contributed by atoms with van der Waals surface area (Å²) in [5.41, 5.74) is 5.08. The van der Waals surface area contributed by atoms with Crippen molar-refractivity contribution in [2.24, 2.45) is 11.8 Å². The van der Waals surface area contributed by atoms with Crippen LogP contribution in [-0.4, -0.2) is 0 Å². The highest BCUT2D eigenvalue weighted by Crippen LogP contribution is 2.34. The number of unbranched alkanes of at least 4 members (excludes halogenated alkanes) is 8. The molecule has 0 spiro atoms. The first-order chi connectivity index (χ1) is 19.3. The predicted molar refractivity (Wildman–Crippen MR) is 172 cm³/mol. The Morgan fingerprint density at radius 3 is 1.59 bits per heavy atom. The van der Waals surface area contributed by atoms with E-state index in [1.807, 2.05) is 0 Å². The number of aryl methyl sites for hydroxylation is 2. The Kier molecular flexibility index (Phi) is 15.8. The van der Waals surface area contributed by atoms with Crippen molar-refractivity contribution in [1.29, 1.82) is 0 Å². The molecule has 2 aromatic rings. The largest absolute Gasteiger partial charge is 0.0885 e. The van der Waals surface area contributed by atoms with E-state index in [9.17, 15) is 0 Å². The van der Waals surface area contributed by atoms with E-state index >= 15 is 0 Å². The molecule has 0 atom stereocenters. The van der Waals surface area contributed by atoms with Crippen LogP contribution in [-0.2, 0) is 12.8 Å². The van der Waals surface area contributed by atoms with E-state index in [1.54, 1.807) is 0 Å². The maximum atomic E-state index is 3.36. The summed E-state index contributed by atoms with van der Waals surface area (Å²) in [4.78, 5) is 0. The molecular weight excluding hydrogens is 468 g/mol. The molecule has 0 aliphatic heterocycles. The summed E-state index contributed by atoms with van der Waals surface area (Å²) >= 11 is 0. The fourth-order valence-corrected chi connectivity index (χ4v) is 6.05. The van der Waals surface area contributed by atoms with Crippen LogP contribution >= 0.6 is 0 Å². The van der Waals surface area contributed by atoms with Crippen LogP contribution in [0, 0.1) is 23.7 Å². The second-order valence-electron chi connectivity index (χ2n) is 12.1. The fraction of sp³-hybridized carbons (Fsp3) is 0.590. The van der Waals surface area contributed by atoms with Crippen LogP contribution in [0.3, 0.4) is 0 Å². The standard InChI is InChI=1S/C39H56/c1-3-5-7-9-10-11-13-15-17-35-20-24-37(25-21-35)27-29-39-32-30-38(31-33-39)28-26-36-22-18-34(19-23-36)16-14-12-8-6-4-2/h8,12,18-19,22-23,30-33,35,37H,3-7,9-11,13-17,20-21,24-25,27,29H2,1-2H3/b12-8+. The van der Waals surface area contributed by atoms with Gasteiger partial charge in [-0.15, -0.1) is 0 Å². The molecule has 0 heteroatoms. The van der Waals surface area contributed by atoms with Gasteiger partial charge in [0.25, 0.3) is 0 Å². The molecule has 1 aliphatic carbocycles. The lowest BCUT2D eigenvalue weighted by Gasteiger charge is -2.28. The molecule has 212 valence electrons. The van der Waals surface area contributed by atoms with E-state index < -0.39 is 0 Å². The molecule has 0 bridgehead atoms. The molecule has 3 rings (SSSR count). The summed E-state index contributed by atoms with van der Waals surface area (Å²) in [6.07, 6.45) is 30.8.